The summed E-state index contributed by atoms with van der Waals surface area (Å²) in [6, 6.07) is 7.72. The lowest BCUT2D eigenvalue weighted by Crippen LogP contribution is -2.41. The molecule has 1 fully saturated rings. The van der Waals surface area contributed by atoms with Crippen LogP contribution in [-0.4, -0.2) is 38.8 Å². The number of carbonyl (C=O) groups excluding carboxylic acids is 1. The summed E-state index contributed by atoms with van der Waals surface area (Å²) in [6.07, 6.45) is 2.47. The average molecular weight is 326 g/mol. The van der Waals surface area contributed by atoms with Crippen LogP contribution in [0.25, 0.3) is 0 Å². The summed E-state index contributed by atoms with van der Waals surface area (Å²) in [6.45, 7) is -2.78. The van der Waals surface area contributed by atoms with Crippen molar-refractivity contribution in [2.24, 2.45) is 0 Å². The first-order chi connectivity index (χ1) is 11.0. The molecule has 0 aliphatic heterocycles. The van der Waals surface area contributed by atoms with Gasteiger partial charge in [-0.2, -0.15) is 8.78 Å². The highest BCUT2D eigenvalue weighted by Crippen LogP contribution is 2.24. The number of carbonyl (C=O) groups is 1. The number of nitrogens with zero attached hydrogens (tertiary/aromatic N) is 1. The highest BCUT2D eigenvalue weighted by atomic mass is 19.3. The van der Waals surface area contributed by atoms with E-state index in [1.54, 1.807) is 0 Å². The van der Waals surface area contributed by atoms with Crippen LogP contribution in [0.1, 0.15) is 31.2 Å². The molecule has 4 nitrogen and oxygen atoms in total. The maximum atomic E-state index is 12.3. The first-order valence-corrected chi connectivity index (χ1v) is 7.95. The predicted molar refractivity (Wildman–Crippen MR) is 85.7 cm³/mol. The molecule has 0 heterocycles. The van der Waals surface area contributed by atoms with Crippen molar-refractivity contribution >= 4 is 11.6 Å². The van der Waals surface area contributed by atoms with Gasteiger partial charge in [0.15, 0.2) is 0 Å². The Labute approximate surface area is 135 Å². The number of anilines is 1. The molecule has 0 saturated heterocycles. The Hall–Kier alpha value is -1.69. The minimum atomic E-state index is -2.78. The van der Waals surface area contributed by atoms with E-state index in [1.807, 2.05) is 43.3 Å². The maximum Gasteiger partial charge on any atom is 0.345 e. The molecule has 1 aliphatic rings. The Morgan fingerprint density at radius 3 is 2.61 bits per heavy atom. The lowest BCUT2D eigenvalue weighted by atomic mass is 10.1. The van der Waals surface area contributed by atoms with E-state index in [4.69, 9.17) is 0 Å². The summed E-state index contributed by atoms with van der Waals surface area (Å²) in [7, 11) is 3.95. The molecular formula is C17H24F2N2O2. The molecule has 0 bridgehead atoms. The third-order valence-electron chi connectivity index (χ3n) is 4.17. The second-order valence-corrected chi connectivity index (χ2v) is 6.10. The van der Waals surface area contributed by atoms with Crippen LogP contribution in [0, 0.1) is 0 Å². The molecule has 128 valence electrons. The molecule has 2 atom stereocenters. The number of hydrogen-bond acceptors (Lipinski definition) is 3. The number of ether oxygens (including phenoxy) is 1. The number of alkyl halides is 2. The zero-order chi connectivity index (χ0) is 16.8. The third kappa shape index (κ3) is 5.46. The zero-order valence-corrected chi connectivity index (χ0v) is 13.6. The Morgan fingerprint density at radius 2 is 2.00 bits per heavy atom. The predicted octanol–water partition coefficient (Wildman–Crippen LogP) is 2.96. The van der Waals surface area contributed by atoms with E-state index in [-0.39, 0.29) is 11.9 Å². The van der Waals surface area contributed by atoms with Gasteiger partial charge < -0.3 is 15.0 Å². The van der Waals surface area contributed by atoms with Crippen molar-refractivity contribution in [1.29, 1.82) is 0 Å². The average Bonchev–Trinajstić information content (AvgIpc) is 2.91. The van der Waals surface area contributed by atoms with E-state index in [0.29, 0.717) is 25.7 Å². The summed E-state index contributed by atoms with van der Waals surface area (Å²) in [5.41, 5.74) is 2.19. The molecule has 0 unspecified atom stereocenters. The first-order valence-electron chi connectivity index (χ1n) is 7.95. The van der Waals surface area contributed by atoms with Crippen LogP contribution in [-0.2, 0) is 16.0 Å². The van der Waals surface area contributed by atoms with Crippen LogP contribution in [0.2, 0.25) is 0 Å². The van der Waals surface area contributed by atoms with E-state index in [1.165, 1.54) is 0 Å². The monoisotopic (exact) mass is 326 g/mol. The molecule has 2 rings (SSSR count). The van der Waals surface area contributed by atoms with Crippen LogP contribution in [0.3, 0.4) is 0 Å². The fraction of sp³-hybridized carbons (Fsp3) is 0.588. The minimum absolute atomic E-state index is 0.114. The fourth-order valence-electron chi connectivity index (χ4n) is 2.88. The van der Waals surface area contributed by atoms with E-state index >= 15 is 0 Å². The van der Waals surface area contributed by atoms with Gasteiger partial charge >= 0.3 is 6.61 Å². The van der Waals surface area contributed by atoms with Crippen LogP contribution in [0.4, 0.5) is 14.5 Å². The first kappa shape index (κ1) is 17.7. The molecule has 23 heavy (non-hydrogen) atoms. The van der Waals surface area contributed by atoms with Gasteiger partial charge in [-0.05, 0) is 43.4 Å². The topological polar surface area (TPSA) is 41.6 Å². The summed E-state index contributed by atoms with van der Waals surface area (Å²) in [5, 5.41) is 2.83. The van der Waals surface area contributed by atoms with Gasteiger partial charge in [0.1, 0.15) is 0 Å². The summed E-state index contributed by atoms with van der Waals surface area (Å²) < 4.78 is 29.2. The number of rotatable bonds is 7. The van der Waals surface area contributed by atoms with E-state index in [0.717, 1.165) is 17.7 Å². The van der Waals surface area contributed by atoms with E-state index in [9.17, 15) is 13.6 Å². The molecule has 6 heteroatoms. The van der Waals surface area contributed by atoms with Crippen molar-refractivity contribution in [2.45, 2.75) is 50.9 Å². The molecule has 1 N–H and O–H groups in total. The molecule has 1 aliphatic carbocycles. The summed E-state index contributed by atoms with van der Waals surface area (Å²) in [4.78, 5) is 14.0. The summed E-state index contributed by atoms with van der Waals surface area (Å²) in [5.74, 6) is -0.114. The lowest BCUT2D eigenvalue weighted by Gasteiger charge is -2.21. The van der Waals surface area contributed by atoms with Crippen molar-refractivity contribution in [2.75, 3.05) is 19.0 Å². The van der Waals surface area contributed by atoms with Crippen LogP contribution in [0.15, 0.2) is 24.3 Å². The normalized spacial score (nSPS) is 20.7. The molecule has 0 aromatic heterocycles. The Kier molecular flexibility index (Phi) is 6.33. The molecule has 0 spiro atoms. The zero-order valence-electron chi connectivity index (χ0n) is 13.6. The van der Waals surface area contributed by atoms with E-state index < -0.39 is 12.7 Å². The number of amides is 1. The number of nitrogens with one attached hydrogen (secondary N) is 1. The van der Waals surface area contributed by atoms with Gasteiger partial charge in [-0.1, -0.05) is 12.1 Å². The van der Waals surface area contributed by atoms with Crippen LogP contribution in [0.5, 0.6) is 0 Å². The molecule has 1 aromatic rings. The standard InChI is InChI=1S/C17H24F2N2O2/c1-21(2)13-9-6-12(7-10-13)8-11-16(22)20-14-4-3-5-15(14)23-17(18)19/h6-7,9-10,14-15,17H,3-5,8,11H2,1-2H3,(H,20,22)/t14-,15-/m1/s1. The molecular weight excluding hydrogens is 302 g/mol. The third-order valence-corrected chi connectivity index (χ3v) is 4.17. The van der Waals surface area contributed by atoms with Gasteiger partial charge in [-0.3, -0.25) is 4.79 Å². The maximum absolute atomic E-state index is 12.3. The van der Waals surface area contributed by atoms with Gasteiger partial charge in [-0.15, -0.1) is 0 Å². The highest BCUT2D eigenvalue weighted by Gasteiger charge is 2.31. The van der Waals surface area contributed by atoms with Crippen molar-refractivity contribution < 1.29 is 18.3 Å². The molecule has 1 saturated carbocycles. The number of hydrogen-bond donors (Lipinski definition) is 1. The van der Waals surface area contributed by atoms with Crippen LogP contribution < -0.4 is 10.2 Å². The van der Waals surface area contributed by atoms with Gasteiger partial charge in [0, 0.05) is 26.2 Å². The SMILES string of the molecule is CN(C)c1ccc(CCC(=O)N[C@@H]2CCC[C@H]2OC(F)F)cc1. The fourth-order valence-corrected chi connectivity index (χ4v) is 2.88. The van der Waals surface area contributed by atoms with Crippen molar-refractivity contribution in [1.82, 2.24) is 5.32 Å². The Balaban J connectivity index is 1.78. The second-order valence-electron chi connectivity index (χ2n) is 6.10. The number of halogens is 2. The van der Waals surface area contributed by atoms with Gasteiger partial charge in [0.2, 0.25) is 5.91 Å². The van der Waals surface area contributed by atoms with Crippen molar-refractivity contribution in [3.8, 4) is 0 Å². The van der Waals surface area contributed by atoms with Crippen molar-refractivity contribution in [3.63, 3.8) is 0 Å². The van der Waals surface area contributed by atoms with Crippen LogP contribution >= 0.6 is 0 Å². The van der Waals surface area contributed by atoms with Crippen molar-refractivity contribution in [3.05, 3.63) is 29.8 Å². The number of benzene rings is 1. The molecule has 0 radical (unpaired) electrons. The molecule has 1 amide bonds. The smallest absolute Gasteiger partial charge is 0.345 e. The lowest BCUT2D eigenvalue weighted by molar-refractivity contribution is -0.167. The number of aryl methyl sites for hydroxylation is 1. The summed E-state index contributed by atoms with van der Waals surface area (Å²) >= 11 is 0. The van der Waals surface area contributed by atoms with Gasteiger partial charge in [-0.25, -0.2) is 0 Å². The largest absolute Gasteiger partial charge is 0.378 e. The van der Waals surface area contributed by atoms with Gasteiger partial charge in [0.25, 0.3) is 0 Å². The second kappa shape index (κ2) is 8.24. The quantitative estimate of drug-likeness (QED) is 0.837. The molecule has 1 aromatic carbocycles. The van der Waals surface area contributed by atoms with Gasteiger partial charge in [0.05, 0.1) is 12.1 Å². The minimum Gasteiger partial charge on any atom is -0.378 e. The highest BCUT2D eigenvalue weighted by molar-refractivity contribution is 5.76. The van der Waals surface area contributed by atoms with E-state index in [2.05, 4.69) is 10.1 Å². The Morgan fingerprint density at radius 1 is 1.30 bits per heavy atom. The Bertz CT molecular complexity index is 506.